The summed E-state index contributed by atoms with van der Waals surface area (Å²) in [5.74, 6) is 0.610. The van der Waals surface area contributed by atoms with E-state index >= 15 is 0 Å². The highest BCUT2D eigenvalue weighted by Crippen LogP contribution is 2.25. The van der Waals surface area contributed by atoms with Gasteiger partial charge in [0.05, 0.1) is 5.56 Å². The van der Waals surface area contributed by atoms with Crippen LogP contribution in [0.15, 0.2) is 34.5 Å². The molecule has 1 aromatic carbocycles. The van der Waals surface area contributed by atoms with E-state index in [4.69, 9.17) is 11.0 Å². The van der Waals surface area contributed by atoms with E-state index in [2.05, 4.69) is 11.4 Å². The Morgan fingerprint density at radius 1 is 1.48 bits per heavy atom. The highest BCUT2D eigenvalue weighted by molar-refractivity contribution is 7.99. The van der Waals surface area contributed by atoms with Crippen molar-refractivity contribution >= 4 is 39.7 Å². The van der Waals surface area contributed by atoms with Gasteiger partial charge < -0.3 is 11.1 Å². The van der Waals surface area contributed by atoms with Gasteiger partial charge in [0.25, 0.3) is 0 Å². The number of nitrogens with zero attached hydrogens (tertiary/aromatic N) is 1. The van der Waals surface area contributed by atoms with Crippen LogP contribution in [0.25, 0.3) is 0 Å². The van der Waals surface area contributed by atoms with Crippen LogP contribution in [-0.2, 0) is 4.79 Å². The van der Waals surface area contributed by atoms with Crippen molar-refractivity contribution in [2.45, 2.75) is 18.2 Å². The molecule has 0 bridgehead atoms. The summed E-state index contributed by atoms with van der Waals surface area (Å²) in [6.07, 6.45) is 0.400. The Morgan fingerprint density at radius 3 is 3.00 bits per heavy atom. The fourth-order valence-electron chi connectivity index (χ4n) is 1.77. The quantitative estimate of drug-likeness (QED) is 0.652. The molecule has 0 fully saturated rings. The molecule has 0 saturated carbocycles. The van der Waals surface area contributed by atoms with E-state index in [-0.39, 0.29) is 5.91 Å². The van der Waals surface area contributed by atoms with E-state index in [1.54, 1.807) is 23.2 Å². The van der Waals surface area contributed by atoms with E-state index in [9.17, 15) is 4.79 Å². The largest absolute Gasteiger partial charge is 0.399 e. The van der Waals surface area contributed by atoms with Gasteiger partial charge in [-0.3, -0.25) is 4.79 Å². The molecule has 6 heteroatoms. The molecule has 1 heterocycles. The Kier molecular flexibility index (Phi) is 5.26. The summed E-state index contributed by atoms with van der Waals surface area (Å²) in [5, 5.41) is 14.1. The van der Waals surface area contributed by atoms with Crippen LogP contribution in [0.3, 0.4) is 0 Å². The zero-order valence-electron chi connectivity index (χ0n) is 11.6. The van der Waals surface area contributed by atoms with Crippen LogP contribution in [-0.4, -0.2) is 11.7 Å². The van der Waals surface area contributed by atoms with Crippen LogP contribution in [0.1, 0.15) is 17.5 Å². The molecule has 0 saturated heterocycles. The van der Waals surface area contributed by atoms with Crippen LogP contribution in [0.4, 0.5) is 10.7 Å². The maximum absolute atomic E-state index is 11.9. The molecular formula is C15H15N3OS2. The molecule has 21 heavy (non-hydrogen) atoms. The van der Waals surface area contributed by atoms with Crippen LogP contribution in [0.2, 0.25) is 0 Å². The second kappa shape index (κ2) is 7.16. The lowest BCUT2D eigenvalue weighted by molar-refractivity contribution is -0.115. The Morgan fingerprint density at radius 2 is 2.29 bits per heavy atom. The van der Waals surface area contributed by atoms with Crippen molar-refractivity contribution < 1.29 is 4.79 Å². The smallest absolute Gasteiger partial charge is 0.225 e. The number of nitriles is 1. The minimum Gasteiger partial charge on any atom is -0.399 e. The summed E-state index contributed by atoms with van der Waals surface area (Å²) in [5.41, 5.74) is 8.08. The van der Waals surface area contributed by atoms with Crippen LogP contribution in [0, 0.1) is 18.3 Å². The van der Waals surface area contributed by atoms with Gasteiger partial charge in [0.1, 0.15) is 11.1 Å². The van der Waals surface area contributed by atoms with Crippen LogP contribution < -0.4 is 11.1 Å². The maximum Gasteiger partial charge on any atom is 0.225 e. The minimum absolute atomic E-state index is 0.0745. The summed E-state index contributed by atoms with van der Waals surface area (Å²) >= 11 is 2.99. The molecule has 2 rings (SSSR count). The molecule has 4 nitrogen and oxygen atoms in total. The third-order valence-corrected chi connectivity index (χ3v) is 4.83. The number of nitrogens with two attached hydrogens (primary N) is 1. The molecule has 0 aliphatic rings. The Labute approximate surface area is 132 Å². The summed E-state index contributed by atoms with van der Waals surface area (Å²) < 4.78 is 0. The topological polar surface area (TPSA) is 78.9 Å². The van der Waals surface area contributed by atoms with E-state index in [0.717, 1.165) is 16.1 Å². The number of amides is 1. The second-order valence-electron chi connectivity index (χ2n) is 4.45. The van der Waals surface area contributed by atoms with Gasteiger partial charge in [-0.1, -0.05) is 0 Å². The predicted molar refractivity (Wildman–Crippen MR) is 88.6 cm³/mol. The number of hydrogen-bond donors (Lipinski definition) is 2. The molecule has 0 spiro atoms. The molecule has 2 aromatic rings. The van der Waals surface area contributed by atoms with Crippen LogP contribution >= 0.6 is 23.1 Å². The monoisotopic (exact) mass is 317 g/mol. The number of carbonyl (C=O) groups excluding carboxylic acids is 1. The summed E-state index contributed by atoms with van der Waals surface area (Å²) in [6.45, 7) is 2.00. The molecule has 3 N–H and O–H groups in total. The number of carbonyl (C=O) groups is 1. The molecule has 108 valence electrons. The number of thioether (sulfide) groups is 1. The molecule has 0 atom stereocenters. The average Bonchev–Trinajstić information content (AvgIpc) is 2.88. The predicted octanol–water partition coefficient (Wildman–Crippen LogP) is 3.63. The molecule has 0 aliphatic heterocycles. The molecule has 0 unspecified atom stereocenters. The fraction of sp³-hybridized carbons (Fsp3) is 0.200. The zero-order valence-corrected chi connectivity index (χ0v) is 13.2. The van der Waals surface area contributed by atoms with Crippen molar-refractivity contribution in [2.75, 3.05) is 16.8 Å². The lowest BCUT2D eigenvalue weighted by Crippen LogP contribution is -2.11. The van der Waals surface area contributed by atoms with E-state index < -0.39 is 0 Å². The third-order valence-electron chi connectivity index (χ3n) is 2.82. The summed E-state index contributed by atoms with van der Waals surface area (Å²) in [7, 11) is 0. The van der Waals surface area contributed by atoms with Crippen molar-refractivity contribution in [2.24, 2.45) is 0 Å². The summed E-state index contributed by atoms with van der Waals surface area (Å²) in [6, 6.07) is 9.51. The van der Waals surface area contributed by atoms with Crippen LogP contribution in [0.5, 0.6) is 0 Å². The number of thiophene rings is 1. The standard InChI is InChI=1S/C15H15N3OS2/c1-10-8-12(17)2-3-13(10)20-7-5-14(19)18-15-11(9-16)4-6-21-15/h2-4,6,8H,5,7,17H2,1H3,(H,18,19). The normalized spacial score (nSPS) is 10.1. The van der Waals surface area contributed by atoms with Gasteiger partial charge in [-0.15, -0.1) is 23.1 Å². The third kappa shape index (κ3) is 4.25. The zero-order chi connectivity index (χ0) is 15.2. The number of nitrogen functional groups attached to an aromatic ring is 1. The van der Waals surface area contributed by atoms with E-state index in [1.165, 1.54) is 11.3 Å². The average molecular weight is 317 g/mol. The molecular weight excluding hydrogens is 302 g/mol. The summed E-state index contributed by atoms with van der Waals surface area (Å²) in [4.78, 5) is 13.0. The lowest BCUT2D eigenvalue weighted by atomic mass is 10.2. The first-order chi connectivity index (χ1) is 10.1. The maximum atomic E-state index is 11.9. The van der Waals surface area contributed by atoms with E-state index in [1.807, 2.05) is 25.1 Å². The SMILES string of the molecule is Cc1cc(N)ccc1SCCC(=O)Nc1sccc1C#N. The van der Waals surface area contributed by atoms with Gasteiger partial charge in [-0.05, 0) is 42.1 Å². The number of rotatable bonds is 5. The van der Waals surface area contributed by atoms with Crippen molar-refractivity contribution in [3.63, 3.8) is 0 Å². The number of hydrogen-bond acceptors (Lipinski definition) is 5. The van der Waals surface area contributed by atoms with Gasteiger partial charge in [0, 0.05) is 22.8 Å². The minimum atomic E-state index is -0.0745. The van der Waals surface area contributed by atoms with Crippen molar-refractivity contribution in [3.05, 3.63) is 40.8 Å². The number of benzene rings is 1. The van der Waals surface area contributed by atoms with Crippen molar-refractivity contribution in [1.29, 1.82) is 5.26 Å². The first-order valence-electron chi connectivity index (χ1n) is 6.36. The molecule has 0 radical (unpaired) electrons. The number of aryl methyl sites for hydroxylation is 1. The molecule has 0 aliphatic carbocycles. The Hall–Kier alpha value is -1.97. The van der Waals surface area contributed by atoms with Gasteiger partial charge in [-0.2, -0.15) is 5.26 Å². The Bertz CT molecular complexity index is 688. The fourth-order valence-corrected chi connectivity index (χ4v) is 3.48. The van der Waals surface area contributed by atoms with Gasteiger partial charge in [0.15, 0.2) is 0 Å². The number of anilines is 2. The first-order valence-corrected chi connectivity index (χ1v) is 8.23. The highest BCUT2D eigenvalue weighted by atomic mass is 32.2. The van der Waals surface area contributed by atoms with Gasteiger partial charge >= 0.3 is 0 Å². The van der Waals surface area contributed by atoms with Gasteiger partial charge in [0.2, 0.25) is 5.91 Å². The Balaban J connectivity index is 1.83. The second-order valence-corrected chi connectivity index (χ2v) is 6.50. The first kappa shape index (κ1) is 15.4. The van der Waals surface area contributed by atoms with Gasteiger partial charge in [-0.25, -0.2) is 0 Å². The lowest BCUT2D eigenvalue weighted by Gasteiger charge is -2.07. The molecule has 1 amide bonds. The van der Waals surface area contributed by atoms with E-state index in [0.29, 0.717) is 22.7 Å². The molecule has 1 aromatic heterocycles. The van der Waals surface area contributed by atoms with Crippen molar-refractivity contribution in [3.8, 4) is 6.07 Å². The highest BCUT2D eigenvalue weighted by Gasteiger charge is 2.08. The number of nitrogens with one attached hydrogen (secondary N) is 1. The van der Waals surface area contributed by atoms with Crippen molar-refractivity contribution in [1.82, 2.24) is 0 Å².